The fourth-order valence-corrected chi connectivity index (χ4v) is 1.84. The van der Waals surface area contributed by atoms with E-state index in [1.807, 2.05) is 18.5 Å². The van der Waals surface area contributed by atoms with Crippen LogP contribution in [0.25, 0.3) is 0 Å². The molecule has 114 valence electrons. The minimum atomic E-state index is -0.473. The SMILES string of the molecule is CCOC(=O)c1nc(C)n(CCN(C)CCOC)c1N. The summed E-state index contributed by atoms with van der Waals surface area (Å²) >= 11 is 0. The average molecular weight is 284 g/mol. The Morgan fingerprint density at radius 2 is 2.15 bits per heavy atom. The zero-order valence-corrected chi connectivity index (χ0v) is 12.7. The van der Waals surface area contributed by atoms with Gasteiger partial charge >= 0.3 is 5.97 Å². The average Bonchev–Trinajstić information content (AvgIpc) is 2.70. The predicted molar refractivity (Wildman–Crippen MR) is 76.7 cm³/mol. The Labute approximate surface area is 119 Å². The molecule has 0 unspecified atom stereocenters. The molecular formula is C13H24N4O3. The first-order chi connectivity index (χ1) is 9.51. The maximum Gasteiger partial charge on any atom is 0.360 e. The number of hydrogen-bond acceptors (Lipinski definition) is 6. The second-order valence-corrected chi connectivity index (χ2v) is 4.56. The molecule has 0 aliphatic rings. The standard InChI is InChI=1S/C13H24N4O3/c1-5-20-13(18)11-12(14)17(10(2)15-11)7-6-16(3)8-9-19-4/h5-9,14H2,1-4H3. The molecule has 0 aromatic carbocycles. The Bertz CT molecular complexity index is 445. The number of aromatic nitrogens is 2. The summed E-state index contributed by atoms with van der Waals surface area (Å²) in [6.45, 7) is 6.88. The van der Waals surface area contributed by atoms with Crippen molar-refractivity contribution in [1.29, 1.82) is 0 Å². The number of aryl methyl sites for hydroxylation is 1. The molecule has 2 N–H and O–H groups in total. The molecule has 0 amide bonds. The number of hydrogen-bond donors (Lipinski definition) is 1. The molecule has 0 fully saturated rings. The van der Waals surface area contributed by atoms with E-state index in [4.69, 9.17) is 15.2 Å². The molecule has 0 bridgehead atoms. The van der Waals surface area contributed by atoms with Crippen LogP contribution in [0.3, 0.4) is 0 Å². The fraction of sp³-hybridized carbons (Fsp3) is 0.692. The van der Waals surface area contributed by atoms with Gasteiger partial charge in [0.2, 0.25) is 0 Å². The molecule has 0 saturated heterocycles. The molecule has 1 rings (SSSR count). The predicted octanol–water partition coefficient (Wildman–Crippen LogP) is 0.529. The summed E-state index contributed by atoms with van der Waals surface area (Å²) in [7, 11) is 3.69. The van der Waals surface area contributed by atoms with Gasteiger partial charge in [-0.05, 0) is 20.9 Å². The molecule has 0 spiro atoms. The van der Waals surface area contributed by atoms with E-state index in [9.17, 15) is 4.79 Å². The van der Waals surface area contributed by atoms with E-state index >= 15 is 0 Å². The lowest BCUT2D eigenvalue weighted by molar-refractivity contribution is 0.0521. The van der Waals surface area contributed by atoms with Crippen molar-refractivity contribution in [2.45, 2.75) is 20.4 Å². The maximum atomic E-state index is 11.7. The summed E-state index contributed by atoms with van der Waals surface area (Å²) in [6.07, 6.45) is 0. The van der Waals surface area contributed by atoms with Crippen LogP contribution in [0.15, 0.2) is 0 Å². The monoisotopic (exact) mass is 284 g/mol. The molecule has 0 aliphatic heterocycles. The van der Waals surface area contributed by atoms with Gasteiger partial charge in [0.05, 0.1) is 13.2 Å². The first-order valence-electron chi connectivity index (χ1n) is 6.68. The summed E-state index contributed by atoms with van der Waals surface area (Å²) in [4.78, 5) is 18.0. The summed E-state index contributed by atoms with van der Waals surface area (Å²) in [5.41, 5.74) is 6.18. The largest absolute Gasteiger partial charge is 0.461 e. The van der Waals surface area contributed by atoms with E-state index in [0.29, 0.717) is 31.4 Å². The number of methoxy groups -OCH3 is 1. The Kier molecular flexibility index (Phi) is 6.47. The Balaban J connectivity index is 2.69. The number of carbonyl (C=O) groups excluding carboxylic acids is 1. The third kappa shape index (κ3) is 4.21. The van der Waals surface area contributed by atoms with Crippen LogP contribution < -0.4 is 5.73 Å². The van der Waals surface area contributed by atoms with Gasteiger partial charge in [0, 0.05) is 26.7 Å². The van der Waals surface area contributed by atoms with Gasteiger partial charge in [-0.3, -0.25) is 0 Å². The van der Waals surface area contributed by atoms with Crippen molar-refractivity contribution >= 4 is 11.8 Å². The first-order valence-corrected chi connectivity index (χ1v) is 6.68. The van der Waals surface area contributed by atoms with Crippen LogP contribution >= 0.6 is 0 Å². The number of anilines is 1. The molecule has 20 heavy (non-hydrogen) atoms. The molecule has 0 saturated carbocycles. The van der Waals surface area contributed by atoms with Crippen molar-refractivity contribution in [3.63, 3.8) is 0 Å². The molecule has 1 aromatic heterocycles. The number of nitrogens with zero attached hydrogens (tertiary/aromatic N) is 3. The smallest absolute Gasteiger partial charge is 0.360 e. The van der Waals surface area contributed by atoms with Gasteiger partial charge in [-0.25, -0.2) is 9.78 Å². The summed E-state index contributed by atoms with van der Waals surface area (Å²) < 4.78 is 11.8. The highest BCUT2D eigenvalue weighted by molar-refractivity contribution is 5.92. The number of likely N-dealkylation sites (N-methyl/N-ethyl adjacent to an activating group) is 1. The zero-order valence-electron chi connectivity index (χ0n) is 12.7. The number of rotatable bonds is 8. The van der Waals surface area contributed by atoms with E-state index in [1.165, 1.54) is 0 Å². The molecule has 0 aliphatic carbocycles. The van der Waals surface area contributed by atoms with Crippen molar-refractivity contribution in [3.05, 3.63) is 11.5 Å². The molecule has 0 atom stereocenters. The lowest BCUT2D eigenvalue weighted by atomic mass is 10.4. The second kappa shape index (κ2) is 7.86. The van der Waals surface area contributed by atoms with Gasteiger partial charge < -0.3 is 24.7 Å². The van der Waals surface area contributed by atoms with Crippen LogP contribution in [0.1, 0.15) is 23.2 Å². The fourth-order valence-electron chi connectivity index (χ4n) is 1.84. The van der Waals surface area contributed by atoms with Gasteiger partial charge in [0.1, 0.15) is 11.6 Å². The van der Waals surface area contributed by atoms with Gasteiger partial charge in [-0.15, -0.1) is 0 Å². The van der Waals surface area contributed by atoms with Gasteiger partial charge in [-0.1, -0.05) is 0 Å². The third-order valence-electron chi connectivity index (χ3n) is 3.05. The minimum absolute atomic E-state index is 0.198. The molecule has 7 heteroatoms. The number of nitrogen functional groups attached to an aromatic ring is 1. The Morgan fingerprint density at radius 3 is 2.75 bits per heavy atom. The van der Waals surface area contributed by atoms with Crippen molar-refractivity contribution in [1.82, 2.24) is 14.5 Å². The van der Waals surface area contributed by atoms with Crippen molar-refractivity contribution in [3.8, 4) is 0 Å². The Hall–Kier alpha value is -1.60. The van der Waals surface area contributed by atoms with Gasteiger partial charge in [-0.2, -0.15) is 0 Å². The van der Waals surface area contributed by atoms with E-state index < -0.39 is 5.97 Å². The van der Waals surface area contributed by atoms with Crippen LogP contribution in [0.5, 0.6) is 0 Å². The number of ether oxygens (including phenoxy) is 2. The van der Waals surface area contributed by atoms with Crippen LogP contribution in [0.2, 0.25) is 0 Å². The van der Waals surface area contributed by atoms with E-state index in [1.54, 1.807) is 14.0 Å². The van der Waals surface area contributed by atoms with Crippen LogP contribution in [-0.2, 0) is 16.0 Å². The quantitative estimate of drug-likeness (QED) is 0.701. The normalized spacial score (nSPS) is 11.1. The molecule has 0 radical (unpaired) electrons. The van der Waals surface area contributed by atoms with Crippen molar-refractivity contribution < 1.29 is 14.3 Å². The van der Waals surface area contributed by atoms with Crippen molar-refractivity contribution in [2.75, 3.05) is 46.2 Å². The molecule has 7 nitrogen and oxygen atoms in total. The van der Waals surface area contributed by atoms with E-state index in [0.717, 1.165) is 13.1 Å². The summed E-state index contributed by atoms with van der Waals surface area (Å²) in [5.74, 6) is 0.603. The zero-order chi connectivity index (χ0) is 15.1. The highest BCUT2D eigenvalue weighted by Crippen LogP contribution is 2.15. The maximum absolute atomic E-state index is 11.7. The third-order valence-corrected chi connectivity index (χ3v) is 3.05. The van der Waals surface area contributed by atoms with Crippen LogP contribution in [0, 0.1) is 6.92 Å². The van der Waals surface area contributed by atoms with Gasteiger partial charge in [0.15, 0.2) is 5.69 Å². The van der Waals surface area contributed by atoms with Crippen LogP contribution in [0.4, 0.5) is 5.82 Å². The molecule has 1 aromatic rings. The van der Waals surface area contributed by atoms with E-state index in [-0.39, 0.29) is 5.69 Å². The van der Waals surface area contributed by atoms with E-state index in [2.05, 4.69) is 9.88 Å². The highest BCUT2D eigenvalue weighted by atomic mass is 16.5. The first kappa shape index (κ1) is 16.5. The minimum Gasteiger partial charge on any atom is -0.461 e. The summed E-state index contributed by atoms with van der Waals surface area (Å²) in [5, 5.41) is 0. The second-order valence-electron chi connectivity index (χ2n) is 4.56. The highest BCUT2D eigenvalue weighted by Gasteiger charge is 2.19. The summed E-state index contributed by atoms with van der Waals surface area (Å²) in [6, 6.07) is 0. The molecular weight excluding hydrogens is 260 g/mol. The number of esters is 1. The lowest BCUT2D eigenvalue weighted by Gasteiger charge is -2.17. The van der Waals surface area contributed by atoms with Crippen molar-refractivity contribution in [2.24, 2.45) is 0 Å². The number of carbonyl (C=O) groups is 1. The van der Waals surface area contributed by atoms with Gasteiger partial charge in [0.25, 0.3) is 0 Å². The molecule has 1 heterocycles. The topological polar surface area (TPSA) is 82.6 Å². The lowest BCUT2D eigenvalue weighted by Crippen LogP contribution is -2.27. The number of nitrogens with two attached hydrogens (primary N) is 1. The number of imidazole rings is 1. The van der Waals surface area contributed by atoms with Crippen LogP contribution in [-0.4, -0.2) is 60.9 Å². The Morgan fingerprint density at radius 1 is 1.45 bits per heavy atom.